The molecule has 106 valence electrons. The molecule has 4 unspecified atom stereocenters. The zero-order chi connectivity index (χ0) is 13.0. The molecule has 0 aromatic rings. The van der Waals surface area contributed by atoms with Crippen LogP contribution in [0.25, 0.3) is 0 Å². The monoisotopic (exact) mass is 252 g/mol. The molecule has 2 rings (SSSR count). The zero-order valence-corrected chi connectivity index (χ0v) is 12.4. The van der Waals surface area contributed by atoms with Gasteiger partial charge in [0.2, 0.25) is 0 Å². The third-order valence-electron chi connectivity index (χ3n) is 5.36. The molecule has 1 aliphatic heterocycles. The second-order valence-electron chi connectivity index (χ2n) is 6.75. The minimum absolute atomic E-state index is 0.669. The van der Waals surface area contributed by atoms with Crippen molar-refractivity contribution in [3.63, 3.8) is 0 Å². The Morgan fingerprint density at radius 2 is 2.06 bits per heavy atom. The van der Waals surface area contributed by atoms with Crippen molar-refractivity contribution in [2.24, 2.45) is 23.5 Å². The molecule has 0 aromatic carbocycles. The van der Waals surface area contributed by atoms with E-state index in [0.717, 1.165) is 24.3 Å². The minimum Gasteiger partial charge on any atom is -0.329 e. The van der Waals surface area contributed by atoms with Gasteiger partial charge in [0.25, 0.3) is 0 Å². The number of rotatable bonds is 4. The molecule has 1 heterocycles. The molecule has 2 N–H and O–H groups in total. The Kier molecular flexibility index (Phi) is 5.50. The Morgan fingerprint density at radius 3 is 2.72 bits per heavy atom. The highest BCUT2D eigenvalue weighted by molar-refractivity contribution is 4.87. The Hall–Kier alpha value is -0.0800. The molecule has 0 radical (unpaired) electrons. The predicted octanol–water partition coefficient (Wildman–Crippen LogP) is 3.26. The van der Waals surface area contributed by atoms with Gasteiger partial charge >= 0.3 is 0 Å². The van der Waals surface area contributed by atoms with Crippen molar-refractivity contribution >= 4 is 0 Å². The average molecular weight is 252 g/mol. The van der Waals surface area contributed by atoms with Crippen LogP contribution in [-0.2, 0) is 0 Å². The summed E-state index contributed by atoms with van der Waals surface area (Å²) in [5.74, 6) is 2.72. The average Bonchev–Trinajstić information content (AvgIpc) is 2.40. The maximum Gasteiger partial charge on any atom is 0.0246 e. The third kappa shape index (κ3) is 3.48. The lowest BCUT2D eigenvalue weighted by molar-refractivity contribution is 0.0670. The highest BCUT2D eigenvalue weighted by Gasteiger charge is 2.32. The van der Waals surface area contributed by atoms with E-state index in [0.29, 0.717) is 6.04 Å². The molecule has 1 saturated heterocycles. The van der Waals surface area contributed by atoms with E-state index in [1.807, 2.05) is 0 Å². The van der Waals surface area contributed by atoms with Gasteiger partial charge < -0.3 is 5.73 Å². The maximum absolute atomic E-state index is 6.13. The van der Waals surface area contributed by atoms with Gasteiger partial charge in [-0.2, -0.15) is 0 Å². The van der Waals surface area contributed by atoms with Crippen LogP contribution in [0.3, 0.4) is 0 Å². The van der Waals surface area contributed by atoms with E-state index >= 15 is 0 Å². The minimum atomic E-state index is 0.669. The summed E-state index contributed by atoms with van der Waals surface area (Å²) in [4.78, 5) is 2.74. The molecule has 2 nitrogen and oxygen atoms in total. The van der Waals surface area contributed by atoms with E-state index in [9.17, 15) is 0 Å². The summed E-state index contributed by atoms with van der Waals surface area (Å²) in [5, 5.41) is 0. The van der Waals surface area contributed by atoms with Crippen LogP contribution in [-0.4, -0.2) is 30.6 Å². The molecule has 18 heavy (non-hydrogen) atoms. The molecule has 1 saturated carbocycles. The second-order valence-corrected chi connectivity index (χ2v) is 6.75. The zero-order valence-electron chi connectivity index (χ0n) is 12.4. The van der Waals surface area contributed by atoms with Gasteiger partial charge in [-0.25, -0.2) is 0 Å². The first-order valence-corrected chi connectivity index (χ1v) is 8.18. The first kappa shape index (κ1) is 14.3. The smallest absolute Gasteiger partial charge is 0.0246 e. The van der Waals surface area contributed by atoms with Crippen molar-refractivity contribution in [3.05, 3.63) is 0 Å². The van der Waals surface area contributed by atoms with E-state index in [1.54, 1.807) is 0 Å². The van der Waals surface area contributed by atoms with Gasteiger partial charge in [-0.15, -0.1) is 0 Å². The quantitative estimate of drug-likeness (QED) is 0.832. The van der Waals surface area contributed by atoms with Gasteiger partial charge in [-0.1, -0.05) is 33.1 Å². The Balaban J connectivity index is 1.94. The highest BCUT2D eigenvalue weighted by Crippen LogP contribution is 2.34. The lowest BCUT2D eigenvalue weighted by Gasteiger charge is -2.43. The summed E-state index contributed by atoms with van der Waals surface area (Å²) in [6, 6.07) is 0.669. The van der Waals surface area contributed by atoms with Gasteiger partial charge in [0.15, 0.2) is 0 Å². The van der Waals surface area contributed by atoms with Crippen molar-refractivity contribution in [1.29, 1.82) is 0 Å². The fourth-order valence-electron chi connectivity index (χ4n) is 4.20. The van der Waals surface area contributed by atoms with Gasteiger partial charge in [0, 0.05) is 19.1 Å². The maximum atomic E-state index is 6.13. The van der Waals surface area contributed by atoms with E-state index < -0.39 is 0 Å². The van der Waals surface area contributed by atoms with Crippen LogP contribution in [0, 0.1) is 17.8 Å². The number of hydrogen-bond donors (Lipinski definition) is 1. The highest BCUT2D eigenvalue weighted by atomic mass is 15.2. The molecule has 2 aliphatic rings. The third-order valence-corrected chi connectivity index (χ3v) is 5.36. The summed E-state index contributed by atoms with van der Waals surface area (Å²) in [7, 11) is 0. The Morgan fingerprint density at radius 1 is 1.22 bits per heavy atom. The molecule has 0 amide bonds. The van der Waals surface area contributed by atoms with Crippen LogP contribution in [0.15, 0.2) is 0 Å². The van der Waals surface area contributed by atoms with Crippen LogP contribution < -0.4 is 5.73 Å². The van der Waals surface area contributed by atoms with E-state index in [2.05, 4.69) is 18.7 Å². The fourth-order valence-corrected chi connectivity index (χ4v) is 4.20. The molecule has 0 aromatic heterocycles. The van der Waals surface area contributed by atoms with Crippen molar-refractivity contribution in [3.8, 4) is 0 Å². The molecule has 0 bridgehead atoms. The number of likely N-dealkylation sites (tertiary alicyclic amines) is 1. The van der Waals surface area contributed by atoms with Crippen molar-refractivity contribution in [2.75, 3.05) is 19.6 Å². The fraction of sp³-hybridized carbons (Fsp3) is 1.00. The summed E-state index contributed by atoms with van der Waals surface area (Å²) < 4.78 is 0. The van der Waals surface area contributed by atoms with Crippen molar-refractivity contribution in [2.45, 2.75) is 64.8 Å². The molecule has 2 heteroatoms. The predicted molar refractivity (Wildman–Crippen MR) is 78.6 cm³/mol. The summed E-state index contributed by atoms with van der Waals surface area (Å²) in [5.41, 5.74) is 6.13. The topological polar surface area (TPSA) is 29.3 Å². The van der Waals surface area contributed by atoms with Crippen LogP contribution in [0.5, 0.6) is 0 Å². The number of piperidine rings is 1. The Labute approximate surface area is 113 Å². The standard InChI is InChI=1S/C16H32N2/c1-3-14-7-5-9-18(12-14)16(11-17)15-8-4-6-13(2)10-15/h13-16H,3-12,17H2,1-2H3. The SMILES string of the molecule is CCC1CCCN(C(CN)C2CCCC(C)C2)C1. The van der Waals surface area contributed by atoms with Gasteiger partial charge in [-0.05, 0) is 50.0 Å². The number of hydrogen-bond acceptors (Lipinski definition) is 2. The summed E-state index contributed by atoms with van der Waals surface area (Å²) >= 11 is 0. The molecule has 2 fully saturated rings. The van der Waals surface area contributed by atoms with Crippen LogP contribution in [0.1, 0.15) is 58.8 Å². The van der Waals surface area contributed by atoms with Crippen LogP contribution >= 0.6 is 0 Å². The van der Waals surface area contributed by atoms with E-state index in [-0.39, 0.29) is 0 Å². The molecular formula is C16H32N2. The van der Waals surface area contributed by atoms with Crippen LogP contribution in [0.4, 0.5) is 0 Å². The lowest BCUT2D eigenvalue weighted by Crippen LogP contribution is -2.50. The normalized spacial score (nSPS) is 36.5. The molecule has 0 spiro atoms. The summed E-state index contributed by atoms with van der Waals surface area (Å²) in [6.45, 7) is 8.24. The molecule has 1 aliphatic carbocycles. The molecular weight excluding hydrogens is 220 g/mol. The number of nitrogens with two attached hydrogens (primary N) is 1. The van der Waals surface area contributed by atoms with Crippen LogP contribution in [0.2, 0.25) is 0 Å². The van der Waals surface area contributed by atoms with E-state index in [1.165, 1.54) is 58.0 Å². The van der Waals surface area contributed by atoms with Crippen molar-refractivity contribution in [1.82, 2.24) is 4.90 Å². The van der Waals surface area contributed by atoms with Gasteiger partial charge in [-0.3, -0.25) is 4.90 Å². The van der Waals surface area contributed by atoms with Gasteiger partial charge in [0.05, 0.1) is 0 Å². The first-order chi connectivity index (χ1) is 8.74. The lowest BCUT2D eigenvalue weighted by atomic mass is 9.77. The number of nitrogens with zero attached hydrogens (tertiary/aromatic N) is 1. The van der Waals surface area contributed by atoms with Gasteiger partial charge in [0.1, 0.15) is 0 Å². The molecule has 4 atom stereocenters. The largest absolute Gasteiger partial charge is 0.329 e. The van der Waals surface area contributed by atoms with E-state index in [4.69, 9.17) is 5.73 Å². The first-order valence-electron chi connectivity index (χ1n) is 8.18. The summed E-state index contributed by atoms with van der Waals surface area (Å²) in [6.07, 6.45) is 9.85. The van der Waals surface area contributed by atoms with Crippen molar-refractivity contribution < 1.29 is 0 Å². The second kappa shape index (κ2) is 6.91. The Bertz CT molecular complexity index is 241.